The zero-order chi connectivity index (χ0) is 24.5. The minimum Gasteiger partial charge on any atom is -0.492 e. The number of para-hydroxylation sites is 1. The highest BCUT2D eigenvalue weighted by Gasteiger charge is 2.32. The molecular formula is C26H31N3O4S. The first kappa shape index (κ1) is 24.1. The van der Waals surface area contributed by atoms with Crippen molar-refractivity contribution < 1.29 is 13.5 Å². The van der Waals surface area contributed by atoms with Crippen LogP contribution >= 0.6 is 0 Å². The van der Waals surface area contributed by atoms with Crippen molar-refractivity contribution in [2.45, 2.75) is 81.6 Å². The average molecular weight is 482 g/mol. The van der Waals surface area contributed by atoms with Gasteiger partial charge in [-0.2, -0.15) is 4.98 Å². The summed E-state index contributed by atoms with van der Waals surface area (Å²) in [5.74, 6) is 0.0100. The molecule has 0 saturated heterocycles. The lowest BCUT2D eigenvalue weighted by molar-refractivity contribution is 0.424. The van der Waals surface area contributed by atoms with Gasteiger partial charge in [0.25, 0.3) is 5.56 Å². The molecule has 1 aromatic carbocycles. The standard InChI is InChI=1S/C26H31N3O4S/c1-4-7-11-21-28-25(30)24(34(32,33)22-15-14-20(16-27-22)19-12-13-19)26(31)29(21)23-17(5-2)9-8-10-18(23)6-3/h8-10,14-16,19,30H,4-7,11-13H2,1-3H3. The van der Waals surface area contributed by atoms with Gasteiger partial charge in [-0.3, -0.25) is 9.36 Å². The van der Waals surface area contributed by atoms with Crippen LogP contribution in [0.3, 0.4) is 0 Å². The van der Waals surface area contributed by atoms with Gasteiger partial charge in [0.15, 0.2) is 5.03 Å². The average Bonchev–Trinajstić information content (AvgIpc) is 3.68. The van der Waals surface area contributed by atoms with Gasteiger partial charge < -0.3 is 5.11 Å². The van der Waals surface area contributed by atoms with Crippen molar-refractivity contribution in [1.29, 1.82) is 0 Å². The van der Waals surface area contributed by atoms with E-state index in [0.29, 0.717) is 36.7 Å². The topological polar surface area (TPSA) is 102 Å². The molecule has 7 nitrogen and oxygen atoms in total. The second-order valence-electron chi connectivity index (χ2n) is 8.76. The van der Waals surface area contributed by atoms with Crippen LogP contribution in [-0.4, -0.2) is 28.1 Å². The van der Waals surface area contributed by atoms with Crippen molar-refractivity contribution in [3.63, 3.8) is 0 Å². The Kier molecular flexibility index (Phi) is 6.89. The van der Waals surface area contributed by atoms with Crippen LogP contribution in [0.15, 0.2) is 51.2 Å². The summed E-state index contributed by atoms with van der Waals surface area (Å²) in [4.78, 5) is 21.5. The van der Waals surface area contributed by atoms with Gasteiger partial charge >= 0.3 is 0 Å². The lowest BCUT2D eigenvalue weighted by Gasteiger charge is -2.20. The Morgan fingerprint density at radius 3 is 2.26 bits per heavy atom. The van der Waals surface area contributed by atoms with E-state index in [2.05, 4.69) is 9.97 Å². The first-order valence-corrected chi connectivity index (χ1v) is 13.5. The molecule has 0 spiro atoms. The Morgan fingerprint density at radius 1 is 1.06 bits per heavy atom. The second-order valence-corrected chi connectivity index (χ2v) is 10.6. The van der Waals surface area contributed by atoms with Crippen molar-refractivity contribution in [1.82, 2.24) is 14.5 Å². The molecule has 1 N–H and O–H groups in total. The van der Waals surface area contributed by atoms with Crippen LogP contribution in [0.4, 0.5) is 0 Å². The van der Waals surface area contributed by atoms with Crippen molar-refractivity contribution in [2.75, 3.05) is 0 Å². The summed E-state index contributed by atoms with van der Waals surface area (Å²) in [7, 11) is -4.39. The number of hydrogen-bond acceptors (Lipinski definition) is 6. The van der Waals surface area contributed by atoms with E-state index in [1.807, 2.05) is 39.0 Å². The number of aromatic hydroxyl groups is 1. The van der Waals surface area contributed by atoms with Gasteiger partial charge in [0, 0.05) is 12.6 Å². The molecule has 1 saturated carbocycles. The maximum Gasteiger partial charge on any atom is 0.281 e. The SMILES string of the molecule is CCCCc1nc(O)c(S(=O)(=O)c2ccc(C3CC3)cn2)c(=O)n1-c1c(CC)cccc1CC. The highest BCUT2D eigenvalue weighted by Crippen LogP contribution is 2.40. The first-order chi connectivity index (χ1) is 16.3. The molecule has 180 valence electrons. The van der Waals surface area contributed by atoms with Gasteiger partial charge in [0.2, 0.25) is 20.6 Å². The number of hydrogen-bond donors (Lipinski definition) is 1. The molecule has 1 aliphatic carbocycles. The number of aryl methyl sites for hydroxylation is 3. The molecule has 0 atom stereocenters. The summed E-state index contributed by atoms with van der Waals surface area (Å²) in [5, 5.41) is 10.4. The number of nitrogens with zero attached hydrogens (tertiary/aromatic N) is 3. The van der Waals surface area contributed by atoms with Crippen LogP contribution in [-0.2, 0) is 29.1 Å². The maximum absolute atomic E-state index is 13.9. The van der Waals surface area contributed by atoms with Gasteiger partial charge in [-0.25, -0.2) is 13.4 Å². The van der Waals surface area contributed by atoms with E-state index >= 15 is 0 Å². The van der Waals surface area contributed by atoms with Gasteiger partial charge in [0.05, 0.1) is 5.69 Å². The lowest BCUT2D eigenvalue weighted by Crippen LogP contribution is -2.30. The number of pyridine rings is 1. The summed E-state index contributed by atoms with van der Waals surface area (Å²) >= 11 is 0. The number of rotatable bonds is 9. The molecule has 0 bridgehead atoms. The normalized spacial score (nSPS) is 13.9. The minimum atomic E-state index is -4.39. The number of benzene rings is 1. The van der Waals surface area contributed by atoms with E-state index in [1.54, 1.807) is 12.3 Å². The van der Waals surface area contributed by atoms with E-state index < -0.39 is 26.2 Å². The van der Waals surface area contributed by atoms with Crippen molar-refractivity contribution >= 4 is 9.84 Å². The minimum absolute atomic E-state index is 0.265. The van der Waals surface area contributed by atoms with Crippen molar-refractivity contribution in [2.24, 2.45) is 0 Å². The summed E-state index contributed by atoms with van der Waals surface area (Å²) in [6, 6.07) is 8.95. The largest absolute Gasteiger partial charge is 0.492 e. The zero-order valence-corrected chi connectivity index (χ0v) is 20.7. The fourth-order valence-electron chi connectivity index (χ4n) is 4.32. The molecular weight excluding hydrogens is 450 g/mol. The predicted molar refractivity (Wildman–Crippen MR) is 131 cm³/mol. The molecule has 0 aliphatic heterocycles. The van der Waals surface area contributed by atoms with Crippen molar-refractivity contribution in [3.05, 3.63) is 69.4 Å². The first-order valence-electron chi connectivity index (χ1n) is 12.0. The Morgan fingerprint density at radius 2 is 1.74 bits per heavy atom. The number of sulfone groups is 1. The molecule has 0 radical (unpaired) electrons. The molecule has 2 aromatic heterocycles. The van der Waals surface area contributed by atoms with E-state index in [9.17, 15) is 18.3 Å². The molecule has 2 heterocycles. The predicted octanol–water partition coefficient (Wildman–Crippen LogP) is 4.51. The van der Waals surface area contributed by atoms with Gasteiger partial charge in [0.1, 0.15) is 5.82 Å². The van der Waals surface area contributed by atoms with Crippen LogP contribution in [0.5, 0.6) is 5.88 Å². The molecule has 1 aliphatic rings. The van der Waals surface area contributed by atoms with Crippen LogP contribution < -0.4 is 5.56 Å². The monoisotopic (exact) mass is 481 g/mol. The fraction of sp³-hybridized carbons (Fsp3) is 0.423. The molecule has 34 heavy (non-hydrogen) atoms. The number of aromatic nitrogens is 3. The third-order valence-electron chi connectivity index (χ3n) is 6.39. The van der Waals surface area contributed by atoms with Crippen LogP contribution in [0, 0.1) is 0 Å². The summed E-state index contributed by atoms with van der Waals surface area (Å²) < 4.78 is 28.4. The van der Waals surface area contributed by atoms with Crippen molar-refractivity contribution in [3.8, 4) is 11.6 Å². The molecule has 0 amide bonds. The zero-order valence-electron chi connectivity index (χ0n) is 19.9. The summed E-state index contributed by atoms with van der Waals surface area (Å²) in [6.07, 6.45) is 7.06. The van der Waals surface area contributed by atoms with Crippen LogP contribution in [0.2, 0.25) is 0 Å². The molecule has 8 heteroatoms. The van der Waals surface area contributed by atoms with E-state index in [1.165, 1.54) is 10.6 Å². The Labute approximate surface area is 200 Å². The Bertz CT molecular complexity index is 1340. The summed E-state index contributed by atoms with van der Waals surface area (Å²) in [5.41, 5.74) is 2.69. The third kappa shape index (κ3) is 4.39. The highest BCUT2D eigenvalue weighted by molar-refractivity contribution is 7.91. The lowest BCUT2D eigenvalue weighted by atomic mass is 10.0. The van der Waals surface area contributed by atoms with Gasteiger partial charge in [-0.15, -0.1) is 0 Å². The van der Waals surface area contributed by atoms with E-state index in [4.69, 9.17) is 0 Å². The highest BCUT2D eigenvalue weighted by atomic mass is 32.2. The van der Waals surface area contributed by atoms with Gasteiger partial charge in [-0.05, 0) is 60.8 Å². The quantitative estimate of drug-likeness (QED) is 0.482. The molecule has 1 fully saturated rings. The van der Waals surface area contributed by atoms with Crippen LogP contribution in [0.1, 0.15) is 74.9 Å². The van der Waals surface area contributed by atoms with E-state index in [-0.39, 0.29) is 5.03 Å². The number of unbranched alkanes of at least 4 members (excludes halogenated alkanes) is 1. The molecule has 3 aromatic rings. The van der Waals surface area contributed by atoms with E-state index in [0.717, 1.165) is 42.4 Å². The Hall–Kier alpha value is -3.00. The smallest absolute Gasteiger partial charge is 0.281 e. The third-order valence-corrected chi connectivity index (χ3v) is 8.07. The van der Waals surface area contributed by atoms with Gasteiger partial charge in [-0.1, -0.05) is 51.5 Å². The summed E-state index contributed by atoms with van der Waals surface area (Å²) in [6.45, 7) is 6.01. The maximum atomic E-state index is 13.9. The molecule has 4 rings (SSSR count). The van der Waals surface area contributed by atoms with Crippen LogP contribution in [0.25, 0.3) is 5.69 Å². The Balaban J connectivity index is 1.97. The molecule has 0 unspecified atom stereocenters. The fourth-order valence-corrected chi connectivity index (χ4v) is 5.58. The second kappa shape index (κ2) is 9.70.